The molecule has 1 aliphatic heterocycles. The van der Waals surface area contributed by atoms with Crippen molar-refractivity contribution in [1.82, 2.24) is 25.4 Å². The minimum Gasteiger partial charge on any atom is -0.481 e. The van der Waals surface area contributed by atoms with E-state index in [9.17, 15) is 4.79 Å². The van der Waals surface area contributed by atoms with E-state index in [0.717, 1.165) is 23.5 Å². The molecular weight excluding hydrogens is 478 g/mol. The number of hydrogen-bond acceptors (Lipinski definition) is 10. The van der Waals surface area contributed by atoms with Crippen LogP contribution in [-0.4, -0.2) is 46.9 Å². The third-order valence-electron chi connectivity index (χ3n) is 4.29. The Bertz CT molecular complexity index is 1030. The van der Waals surface area contributed by atoms with Crippen molar-refractivity contribution in [3.05, 3.63) is 33.1 Å². The van der Waals surface area contributed by atoms with Crippen LogP contribution in [0.25, 0.3) is 0 Å². The van der Waals surface area contributed by atoms with Gasteiger partial charge in [0.05, 0.1) is 33.0 Å². The fraction of sp³-hybridized carbons (Fsp3) is 0.353. The molecule has 1 aliphatic rings. The molecule has 2 N–H and O–H groups in total. The Labute approximate surface area is 183 Å². The Kier molecular flexibility index (Phi) is 5.99. The van der Waals surface area contributed by atoms with Gasteiger partial charge in [-0.05, 0) is 15.9 Å². The van der Waals surface area contributed by atoms with Gasteiger partial charge in [-0.15, -0.1) is 0 Å². The fourth-order valence-corrected chi connectivity index (χ4v) is 4.22. The summed E-state index contributed by atoms with van der Waals surface area (Å²) in [6.07, 6.45) is 0.732. The largest absolute Gasteiger partial charge is 0.481 e. The van der Waals surface area contributed by atoms with Gasteiger partial charge in [0.25, 0.3) is 0 Å². The average Bonchev–Trinajstić information content (AvgIpc) is 3.36. The molecule has 2 amide bonds. The lowest BCUT2D eigenvalue weighted by atomic mass is 10.2. The van der Waals surface area contributed by atoms with Crippen LogP contribution in [0.2, 0.25) is 0 Å². The maximum atomic E-state index is 12.1. The molecule has 0 unspecified atom stereocenters. The topological polar surface area (TPSA) is 128 Å². The Morgan fingerprint density at radius 2 is 2.17 bits per heavy atom. The summed E-state index contributed by atoms with van der Waals surface area (Å²) in [5.41, 5.74) is 0.971. The number of ether oxygens (including phenoxy) is 2. The quantitative estimate of drug-likeness (QED) is 0.529. The highest BCUT2D eigenvalue weighted by Crippen LogP contribution is 2.31. The van der Waals surface area contributed by atoms with E-state index in [2.05, 4.69) is 51.6 Å². The van der Waals surface area contributed by atoms with Gasteiger partial charge in [0.15, 0.2) is 10.9 Å². The van der Waals surface area contributed by atoms with Crippen molar-refractivity contribution in [2.24, 2.45) is 0 Å². The molecule has 0 aromatic carbocycles. The van der Waals surface area contributed by atoms with Gasteiger partial charge in [0.1, 0.15) is 10.4 Å². The second kappa shape index (κ2) is 8.83. The zero-order valence-electron chi connectivity index (χ0n) is 16.1. The van der Waals surface area contributed by atoms with Gasteiger partial charge < -0.3 is 24.2 Å². The Morgan fingerprint density at radius 1 is 1.30 bits per heavy atom. The lowest BCUT2D eigenvalue weighted by Crippen LogP contribution is -2.30. The Balaban J connectivity index is 1.40. The number of rotatable bonds is 6. The van der Waals surface area contributed by atoms with Crippen molar-refractivity contribution in [2.75, 3.05) is 31.0 Å². The number of methoxy groups -OCH3 is 2. The van der Waals surface area contributed by atoms with Crippen molar-refractivity contribution in [2.45, 2.75) is 19.5 Å². The molecule has 158 valence electrons. The molecule has 0 aliphatic carbocycles. The van der Waals surface area contributed by atoms with E-state index in [1.165, 1.54) is 18.4 Å². The highest BCUT2D eigenvalue weighted by Gasteiger charge is 2.23. The number of nitrogens with zero attached hydrogens (tertiary/aromatic N) is 5. The number of carbonyl (C=O) groups is 1. The summed E-state index contributed by atoms with van der Waals surface area (Å²) in [4.78, 5) is 28.4. The summed E-state index contributed by atoms with van der Waals surface area (Å²) in [5, 5.41) is 9.72. The molecule has 0 atom stereocenters. The number of urea groups is 1. The molecule has 0 radical (unpaired) electrons. The first-order chi connectivity index (χ1) is 14.5. The van der Waals surface area contributed by atoms with Crippen molar-refractivity contribution in [3.63, 3.8) is 0 Å². The summed E-state index contributed by atoms with van der Waals surface area (Å²) in [5.74, 6) is 1.69. The van der Waals surface area contributed by atoms with Gasteiger partial charge in [0.2, 0.25) is 5.88 Å². The Morgan fingerprint density at radius 3 is 2.90 bits per heavy atom. The Hall–Kier alpha value is -2.93. The van der Waals surface area contributed by atoms with Crippen LogP contribution in [0.3, 0.4) is 0 Å². The van der Waals surface area contributed by atoms with Gasteiger partial charge >= 0.3 is 12.0 Å². The third kappa shape index (κ3) is 4.62. The second-order valence-corrected chi connectivity index (χ2v) is 8.14. The van der Waals surface area contributed by atoms with Gasteiger partial charge in [-0.3, -0.25) is 5.32 Å². The minimum absolute atomic E-state index is 0.223. The van der Waals surface area contributed by atoms with Crippen LogP contribution in [0.1, 0.15) is 16.3 Å². The first-order valence-electron chi connectivity index (χ1n) is 8.90. The molecule has 3 aromatic heterocycles. The van der Waals surface area contributed by atoms with E-state index in [0.29, 0.717) is 33.7 Å². The molecule has 4 heterocycles. The summed E-state index contributed by atoms with van der Waals surface area (Å²) < 4.78 is 16.0. The van der Waals surface area contributed by atoms with E-state index in [-0.39, 0.29) is 18.6 Å². The number of nitrogens with one attached hydrogen (secondary N) is 2. The van der Waals surface area contributed by atoms with Crippen LogP contribution in [0.4, 0.5) is 15.7 Å². The molecule has 0 fully saturated rings. The lowest BCUT2D eigenvalue weighted by molar-refractivity contribution is 0.250. The lowest BCUT2D eigenvalue weighted by Gasteiger charge is -2.27. The van der Waals surface area contributed by atoms with Crippen molar-refractivity contribution < 1.29 is 18.8 Å². The third-order valence-corrected chi connectivity index (χ3v) is 5.66. The van der Waals surface area contributed by atoms with Crippen LogP contribution >= 0.6 is 27.3 Å². The number of hydrogen-bond donors (Lipinski definition) is 2. The maximum Gasteiger partial charge on any atom is 0.321 e. The SMILES string of the molecule is COc1cc(N2CCc3nc(NC(=O)NCc4cc(Br)no4)sc3C2)nc(OC)n1. The van der Waals surface area contributed by atoms with Gasteiger partial charge in [-0.2, -0.15) is 9.97 Å². The average molecular weight is 496 g/mol. The monoisotopic (exact) mass is 495 g/mol. The number of amides is 2. The van der Waals surface area contributed by atoms with Gasteiger partial charge in [-0.25, -0.2) is 9.78 Å². The molecular formula is C17H18BrN7O4S. The van der Waals surface area contributed by atoms with E-state index < -0.39 is 0 Å². The summed E-state index contributed by atoms with van der Waals surface area (Å²) >= 11 is 4.63. The normalized spacial score (nSPS) is 13.0. The smallest absolute Gasteiger partial charge is 0.321 e. The van der Waals surface area contributed by atoms with E-state index in [1.54, 1.807) is 19.2 Å². The number of anilines is 2. The summed E-state index contributed by atoms with van der Waals surface area (Å²) in [7, 11) is 3.06. The molecule has 13 heteroatoms. The van der Waals surface area contributed by atoms with Crippen molar-refractivity contribution >= 4 is 44.2 Å². The first kappa shape index (κ1) is 20.3. The molecule has 4 rings (SSSR count). The molecule has 30 heavy (non-hydrogen) atoms. The molecule has 3 aromatic rings. The number of carbonyl (C=O) groups excluding carboxylic acids is 1. The van der Waals surface area contributed by atoms with Crippen LogP contribution in [0.15, 0.2) is 21.3 Å². The highest BCUT2D eigenvalue weighted by atomic mass is 79.9. The van der Waals surface area contributed by atoms with Crippen LogP contribution in [0, 0.1) is 0 Å². The van der Waals surface area contributed by atoms with Crippen molar-refractivity contribution in [1.29, 1.82) is 0 Å². The standard InChI is InChI=1S/C17H18BrN7O4S/c1-27-14-6-13(21-16(22-14)28-2)25-4-3-10-11(8-25)30-17(20-10)23-15(26)19-7-9-5-12(18)24-29-9/h5-6H,3-4,7-8H2,1-2H3,(H2,19,20,23,26). The van der Waals surface area contributed by atoms with Crippen LogP contribution in [-0.2, 0) is 19.5 Å². The number of thiazole rings is 1. The molecule has 0 spiro atoms. The fourth-order valence-electron chi connectivity index (χ4n) is 2.87. The number of halogens is 1. The van der Waals surface area contributed by atoms with Crippen LogP contribution < -0.4 is 25.0 Å². The molecule has 0 saturated heterocycles. The van der Waals surface area contributed by atoms with Gasteiger partial charge in [0, 0.05) is 30.0 Å². The van der Waals surface area contributed by atoms with E-state index in [4.69, 9.17) is 14.0 Å². The van der Waals surface area contributed by atoms with E-state index in [1.807, 2.05) is 0 Å². The van der Waals surface area contributed by atoms with Gasteiger partial charge in [-0.1, -0.05) is 16.5 Å². The number of fused-ring (bicyclic) bond motifs is 1. The molecule has 0 saturated carbocycles. The minimum atomic E-state index is -0.365. The number of aromatic nitrogens is 4. The summed E-state index contributed by atoms with van der Waals surface area (Å²) in [6, 6.07) is 3.34. The second-order valence-electron chi connectivity index (χ2n) is 6.24. The van der Waals surface area contributed by atoms with E-state index >= 15 is 0 Å². The molecule has 0 bridgehead atoms. The predicted molar refractivity (Wildman–Crippen MR) is 112 cm³/mol. The summed E-state index contributed by atoms with van der Waals surface area (Å²) in [6.45, 7) is 1.57. The zero-order valence-corrected chi connectivity index (χ0v) is 18.5. The van der Waals surface area contributed by atoms with Crippen LogP contribution in [0.5, 0.6) is 11.9 Å². The highest BCUT2D eigenvalue weighted by molar-refractivity contribution is 9.10. The van der Waals surface area contributed by atoms with Crippen molar-refractivity contribution in [3.8, 4) is 11.9 Å². The first-order valence-corrected chi connectivity index (χ1v) is 10.5. The predicted octanol–water partition coefficient (Wildman–Crippen LogP) is 2.59. The zero-order chi connectivity index (χ0) is 21.1. The maximum absolute atomic E-state index is 12.1. The molecule has 11 nitrogen and oxygen atoms in total.